The van der Waals surface area contributed by atoms with Crippen LogP contribution in [0.1, 0.15) is 70.2 Å². The molecule has 0 aromatic heterocycles. The summed E-state index contributed by atoms with van der Waals surface area (Å²) >= 11 is 0. The molecule has 1 N–H and O–H groups in total. The summed E-state index contributed by atoms with van der Waals surface area (Å²) in [5.41, 5.74) is 4.64. The third kappa shape index (κ3) is 6.85. The maximum absolute atomic E-state index is 12.8. The van der Waals surface area contributed by atoms with Crippen molar-refractivity contribution < 1.29 is 24.2 Å². The molecule has 37 heavy (non-hydrogen) atoms. The van der Waals surface area contributed by atoms with Gasteiger partial charge in [-0.15, -0.1) is 0 Å². The van der Waals surface area contributed by atoms with E-state index in [0.29, 0.717) is 30.5 Å². The van der Waals surface area contributed by atoms with Crippen LogP contribution in [0.2, 0.25) is 0 Å². The predicted molar refractivity (Wildman–Crippen MR) is 142 cm³/mol. The fourth-order valence-electron chi connectivity index (χ4n) is 4.55. The number of aromatic hydroxyl groups is 1. The van der Waals surface area contributed by atoms with Crippen LogP contribution in [0, 0.1) is 0 Å². The van der Waals surface area contributed by atoms with Crippen molar-refractivity contribution >= 4 is 17.8 Å². The summed E-state index contributed by atoms with van der Waals surface area (Å²) in [6.07, 6.45) is 2.93. The largest absolute Gasteiger partial charge is 0.508 e. The second-order valence-electron chi connectivity index (χ2n) is 10.5. The Balaban J connectivity index is 1.48. The minimum Gasteiger partial charge on any atom is -0.508 e. The van der Waals surface area contributed by atoms with Crippen LogP contribution >= 0.6 is 0 Å². The van der Waals surface area contributed by atoms with E-state index in [9.17, 15) is 19.5 Å². The van der Waals surface area contributed by atoms with Gasteiger partial charge in [-0.3, -0.25) is 19.3 Å². The van der Waals surface area contributed by atoms with Gasteiger partial charge in [-0.2, -0.15) is 0 Å². The Morgan fingerprint density at radius 1 is 0.757 bits per heavy atom. The molecule has 6 heteroatoms. The number of carbonyl (C=O) groups excluding carboxylic acids is 3. The number of nitrogens with zero attached hydrogens (tertiary/aromatic N) is 1. The van der Waals surface area contributed by atoms with Crippen LogP contribution in [0.15, 0.2) is 66.7 Å². The zero-order chi connectivity index (χ0) is 26.6. The first kappa shape index (κ1) is 26.1. The molecule has 3 aromatic carbocycles. The summed E-state index contributed by atoms with van der Waals surface area (Å²) in [6.45, 7) is 5.85. The topological polar surface area (TPSA) is 83.9 Å². The first-order valence-electron chi connectivity index (χ1n) is 12.7. The molecule has 192 valence electrons. The van der Waals surface area contributed by atoms with E-state index in [2.05, 4.69) is 12.1 Å². The summed E-state index contributed by atoms with van der Waals surface area (Å²) in [4.78, 5) is 39.2. The number of esters is 1. The summed E-state index contributed by atoms with van der Waals surface area (Å²) in [7, 11) is 0. The zero-order valence-electron chi connectivity index (χ0n) is 21.6. The Bertz CT molecular complexity index is 1270. The molecule has 0 atom stereocenters. The Morgan fingerprint density at radius 3 is 1.84 bits per heavy atom. The third-order valence-corrected chi connectivity index (χ3v) is 6.29. The fourth-order valence-corrected chi connectivity index (χ4v) is 4.55. The molecule has 0 spiro atoms. The zero-order valence-corrected chi connectivity index (χ0v) is 21.6. The number of phenolic OH excluding ortho intramolecular Hbond substituents is 1. The number of hydrogen-bond acceptors (Lipinski definition) is 5. The highest BCUT2D eigenvalue weighted by Gasteiger charge is 2.34. The number of hydrogen-bond donors (Lipinski definition) is 1. The van der Waals surface area contributed by atoms with Crippen LogP contribution in [-0.2, 0) is 35.2 Å². The molecule has 0 unspecified atom stereocenters. The van der Waals surface area contributed by atoms with Gasteiger partial charge in [-0.05, 0) is 93.0 Å². The van der Waals surface area contributed by atoms with Gasteiger partial charge in [0.15, 0.2) is 0 Å². The van der Waals surface area contributed by atoms with E-state index in [-0.39, 0.29) is 30.0 Å². The number of fused-ring (bicyclic) bond motifs is 1. The number of benzene rings is 3. The highest BCUT2D eigenvalue weighted by Crippen LogP contribution is 2.24. The summed E-state index contributed by atoms with van der Waals surface area (Å²) in [5, 5.41) is 9.54. The summed E-state index contributed by atoms with van der Waals surface area (Å²) in [5.74, 6) is -0.513. The van der Waals surface area contributed by atoms with E-state index < -0.39 is 5.60 Å². The number of aryl methyl sites for hydroxylation is 3. The monoisotopic (exact) mass is 499 g/mol. The highest BCUT2D eigenvalue weighted by molar-refractivity contribution is 6.21. The van der Waals surface area contributed by atoms with Crippen molar-refractivity contribution in [3.05, 3.63) is 100 Å². The average Bonchev–Trinajstić information content (AvgIpc) is 3.09. The highest BCUT2D eigenvalue weighted by atomic mass is 16.6. The standard InChI is InChI=1S/C31H33NO5/c1-31(2,3)37-28(34)15-12-23-18-22(9-8-21-10-13-25(33)14-11-21)19-24(20-23)16-17-32-29(35)26-6-4-5-7-27(26)30(32)36/h4-7,10-11,13-14,18-20,33H,8-9,12,15-17H2,1-3H3. The first-order chi connectivity index (χ1) is 17.6. The molecule has 0 bridgehead atoms. The summed E-state index contributed by atoms with van der Waals surface area (Å²) < 4.78 is 5.46. The van der Waals surface area contributed by atoms with Crippen molar-refractivity contribution in [2.45, 2.75) is 58.5 Å². The van der Waals surface area contributed by atoms with E-state index in [1.165, 1.54) is 4.90 Å². The number of carbonyl (C=O) groups is 3. The Hall–Kier alpha value is -3.93. The molecule has 1 aliphatic rings. The van der Waals surface area contributed by atoms with E-state index in [4.69, 9.17) is 4.74 Å². The third-order valence-electron chi connectivity index (χ3n) is 6.29. The minimum absolute atomic E-state index is 0.239. The number of phenols is 1. The van der Waals surface area contributed by atoms with Gasteiger partial charge >= 0.3 is 5.97 Å². The molecule has 1 heterocycles. The lowest BCUT2D eigenvalue weighted by molar-refractivity contribution is -0.154. The smallest absolute Gasteiger partial charge is 0.306 e. The molecule has 0 saturated carbocycles. The lowest BCUT2D eigenvalue weighted by Gasteiger charge is -2.19. The van der Waals surface area contributed by atoms with Gasteiger partial charge in [0.1, 0.15) is 11.4 Å². The lowest BCUT2D eigenvalue weighted by Crippen LogP contribution is -2.31. The van der Waals surface area contributed by atoms with Crippen LogP contribution in [0.4, 0.5) is 0 Å². The Morgan fingerprint density at radius 2 is 1.27 bits per heavy atom. The molecule has 0 saturated heterocycles. The summed E-state index contributed by atoms with van der Waals surface area (Å²) in [6, 6.07) is 20.3. The molecule has 4 rings (SSSR count). The van der Waals surface area contributed by atoms with Crippen LogP contribution < -0.4 is 0 Å². The second kappa shape index (κ2) is 11.0. The van der Waals surface area contributed by atoms with Gasteiger partial charge in [0.2, 0.25) is 0 Å². The van der Waals surface area contributed by atoms with Crippen molar-refractivity contribution in [1.29, 1.82) is 0 Å². The van der Waals surface area contributed by atoms with Gasteiger partial charge in [-0.25, -0.2) is 0 Å². The SMILES string of the molecule is CC(C)(C)OC(=O)CCc1cc(CCc2ccc(O)cc2)cc(CCN2C(=O)c3ccccc3C2=O)c1. The number of ether oxygens (including phenoxy) is 1. The molecule has 6 nitrogen and oxygen atoms in total. The van der Waals surface area contributed by atoms with E-state index in [1.807, 2.05) is 39.0 Å². The van der Waals surface area contributed by atoms with Crippen molar-refractivity contribution in [3.63, 3.8) is 0 Å². The molecule has 2 amide bonds. The van der Waals surface area contributed by atoms with Crippen LogP contribution in [-0.4, -0.2) is 39.9 Å². The maximum atomic E-state index is 12.8. The first-order valence-corrected chi connectivity index (χ1v) is 12.7. The van der Waals surface area contributed by atoms with Gasteiger partial charge < -0.3 is 9.84 Å². The van der Waals surface area contributed by atoms with Crippen LogP contribution in [0.25, 0.3) is 0 Å². The Kier molecular flexibility index (Phi) is 7.77. The van der Waals surface area contributed by atoms with Crippen molar-refractivity contribution in [2.24, 2.45) is 0 Å². The molecule has 0 aliphatic carbocycles. The van der Waals surface area contributed by atoms with Crippen molar-refractivity contribution in [1.82, 2.24) is 4.90 Å². The molecule has 0 fully saturated rings. The van der Waals surface area contributed by atoms with Gasteiger partial charge in [-0.1, -0.05) is 42.5 Å². The van der Waals surface area contributed by atoms with Crippen LogP contribution in [0.3, 0.4) is 0 Å². The van der Waals surface area contributed by atoms with E-state index >= 15 is 0 Å². The van der Waals surface area contributed by atoms with Gasteiger partial charge in [0.05, 0.1) is 11.1 Å². The molecular weight excluding hydrogens is 466 g/mol. The molecular formula is C31H33NO5. The molecule has 3 aromatic rings. The number of imide groups is 1. The number of amides is 2. The minimum atomic E-state index is -0.527. The van der Waals surface area contributed by atoms with Gasteiger partial charge in [0, 0.05) is 13.0 Å². The molecule has 1 aliphatic heterocycles. The Labute approximate surface area is 217 Å². The average molecular weight is 500 g/mol. The molecule has 0 radical (unpaired) electrons. The van der Waals surface area contributed by atoms with Crippen molar-refractivity contribution in [3.8, 4) is 5.75 Å². The lowest BCUT2D eigenvalue weighted by atomic mass is 9.96. The van der Waals surface area contributed by atoms with Gasteiger partial charge in [0.25, 0.3) is 11.8 Å². The number of rotatable bonds is 9. The quantitative estimate of drug-likeness (QED) is 0.319. The maximum Gasteiger partial charge on any atom is 0.306 e. The van der Waals surface area contributed by atoms with Crippen molar-refractivity contribution in [2.75, 3.05) is 6.54 Å². The van der Waals surface area contributed by atoms with E-state index in [0.717, 1.165) is 35.1 Å². The normalized spacial score (nSPS) is 13.1. The second-order valence-corrected chi connectivity index (χ2v) is 10.5. The van der Waals surface area contributed by atoms with E-state index in [1.54, 1.807) is 36.4 Å². The predicted octanol–water partition coefficient (Wildman–Crippen LogP) is 5.29. The fraction of sp³-hybridized carbons (Fsp3) is 0.323. The van der Waals surface area contributed by atoms with Crippen LogP contribution in [0.5, 0.6) is 5.75 Å².